The van der Waals surface area contributed by atoms with E-state index < -0.39 is 14.3 Å². The summed E-state index contributed by atoms with van der Waals surface area (Å²) < 4.78 is 22.7. The molecule has 0 aliphatic carbocycles. The number of rotatable bonds is 13. The van der Waals surface area contributed by atoms with Gasteiger partial charge in [0.1, 0.15) is 17.2 Å². The van der Waals surface area contributed by atoms with Crippen LogP contribution in [0.1, 0.15) is 43.5 Å². The van der Waals surface area contributed by atoms with Crippen molar-refractivity contribution in [3.8, 4) is 17.2 Å². The fraction of sp³-hybridized carbons (Fsp3) is 0.458. The average Bonchev–Trinajstić information content (AvgIpc) is 2.73. The zero-order chi connectivity index (χ0) is 21.8. The van der Waals surface area contributed by atoms with E-state index in [4.69, 9.17) is 18.6 Å². The molecule has 2 aromatic rings. The van der Waals surface area contributed by atoms with Gasteiger partial charge in [-0.05, 0) is 87.4 Å². The number of ether oxygens (including phenoxy) is 3. The second-order valence-corrected chi connectivity index (χ2v) is 12.0. The first-order valence-corrected chi connectivity index (χ1v) is 13.9. The van der Waals surface area contributed by atoms with E-state index in [1.807, 2.05) is 19.1 Å². The van der Waals surface area contributed by atoms with Gasteiger partial charge in [-0.15, -0.1) is 0 Å². The summed E-state index contributed by atoms with van der Waals surface area (Å²) in [5.41, 5.74) is 0.482. The fourth-order valence-electron chi connectivity index (χ4n) is 2.94. The van der Waals surface area contributed by atoms with Crippen molar-refractivity contribution < 1.29 is 23.4 Å². The Balaban J connectivity index is 1.78. The number of unbranched alkanes of at least 4 members (excludes halogenated alkanes) is 1. The molecule has 0 N–H and O–H groups in total. The molecule has 5 nitrogen and oxygen atoms in total. The van der Waals surface area contributed by atoms with E-state index >= 15 is 0 Å². The summed E-state index contributed by atoms with van der Waals surface area (Å²) in [6.45, 7) is 10.7. The first kappa shape index (κ1) is 24.0. The lowest BCUT2D eigenvalue weighted by Crippen LogP contribution is -2.30. The Hall–Kier alpha value is -2.31. The Labute approximate surface area is 181 Å². The van der Waals surface area contributed by atoms with Crippen LogP contribution in [0.3, 0.4) is 0 Å². The average molecular weight is 431 g/mol. The van der Waals surface area contributed by atoms with Crippen LogP contribution in [-0.2, 0) is 4.43 Å². The quantitative estimate of drug-likeness (QED) is 0.166. The lowest BCUT2D eigenvalue weighted by atomic mass is 10.2. The molecule has 0 aliphatic rings. The Bertz CT molecular complexity index is 756. The molecular weight excluding hydrogens is 396 g/mol. The van der Waals surface area contributed by atoms with Gasteiger partial charge in [0.25, 0.3) is 0 Å². The second-order valence-electron chi connectivity index (χ2n) is 7.73. The molecule has 0 unspecified atom stereocenters. The van der Waals surface area contributed by atoms with Crippen LogP contribution < -0.4 is 14.2 Å². The van der Waals surface area contributed by atoms with Crippen LogP contribution in [0.4, 0.5) is 0 Å². The standard InChI is InChI=1S/C24H34O5Si/c1-5-7-17-26-22-13-15-23(16-14-22)29-24(25)20-9-11-21(12-10-20)27-18-8-19-30(3,4)28-6-2/h9-16H,5-8,17-19H2,1-4H3. The molecule has 0 spiro atoms. The van der Waals surface area contributed by atoms with Gasteiger partial charge in [-0.3, -0.25) is 0 Å². The summed E-state index contributed by atoms with van der Waals surface area (Å²) >= 11 is 0. The number of hydrogen-bond donors (Lipinski definition) is 0. The van der Waals surface area contributed by atoms with E-state index in [1.165, 1.54) is 0 Å². The van der Waals surface area contributed by atoms with Gasteiger partial charge in [-0.2, -0.15) is 0 Å². The summed E-state index contributed by atoms with van der Waals surface area (Å²) in [5.74, 6) is 1.61. The maximum absolute atomic E-state index is 12.3. The molecule has 0 radical (unpaired) electrons. The highest BCUT2D eigenvalue weighted by Crippen LogP contribution is 2.20. The molecule has 6 heteroatoms. The van der Waals surface area contributed by atoms with Crippen LogP contribution in [0.15, 0.2) is 48.5 Å². The number of benzene rings is 2. The highest BCUT2D eigenvalue weighted by atomic mass is 28.4. The second kappa shape index (κ2) is 12.4. The molecule has 0 bridgehead atoms. The van der Waals surface area contributed by atoms with Crippen molar-refractivity contribution in [3.63, 3.8) is 0 Å². The third kappa shape index (κ3) is 8.59. The number of hydrogen-bond acceptors (Lipinski definition) is 5. The van der Waals surface area contributed by atoms with Crippen molar-refractivity contribution in [1.29, 1.82) is 0 Å². The topological polar surface area (TPSA) is 54.0 Å². The van der Waals surface area contributed by atoms with Gasteiger partial charge in [0.2, 0.25) is 0 Å². The van der Waals surface area contributed by atoms with Gasteiger partial charge < -0.3 is 18.6 Å². The third-order valence-corrected chi connectivity index (χ3v) is 7.25. The minimum absolute atomic E-state index is 0.398. The molecular formula is C24H34O5Si. The predicted octanol–water partition coefficient (Wildman–Crippen LogP) is 6.10. The number of carbonyl (C=O) groups is 1. The molecule has 2 aromatic carbocycles. The molecule has 164 valence electrons. The van der Waals surface area contributed by atoms with Crippen LogP contribution >= 0.6 is 0 Å². The van der Waals surface area contributed by atoms with Crippen LogP contribution in [-0.4, -0.2) is 34.1 Å². The van der Waals surface area contributed by atoms with Gasteiger partial charge in [-0.1, -0.05) is 13.3 Å². The molecule has 0 aliphatic heterocycles. The summed E-state index contributed by atoms with van der Waals surface area (Å²) in [5, 5.41) is 0. The molecule has 0 saturated carbocycles. The molecule has 0 fully saturated rings. The molecule has 2 rings (SSSR count). The van der Waals surface area contributed by atoms with E-state index in [9.17, 15) is 4.79 Å². The minimum Gasteiger partial charge on any atom is -0.494 e. The molecule has 0 heterocycles. The van der Waals surface area contributed by atoms with Crippen molar-refractivity contribution in [3.05, 3.63) is 54.1 Å². The zero-order valence-electron chi connectivity index (χ0n) is 18.6. The Morgan fingerprint density at radius 1 is 0.800 bits per heavy atom. The van der Waals surface area contributed by atoms with Crippen molar-refractivity contribution in [2.24, 2.45) is 0 Å². The Morgan fingerprint density at radius 3 is 1.90 bits per heavy atom. The lowest BCUT2D eigenvalue weighted by Gasteiger charge is -2.21. The normalized spacial score (nSPS) is 11.2. The maximum Gasteiger partial charge on any atom is 0.343 e. The minimum atomic E-state index is -1.56. The van der Waals surface area contributed by atoms with Gasteiger partial charge in [0.15, 0.2) is 8.32 Å². The zero-order valence-corrected chi connectivity index (χ0v) is 19.6. The highest BCUT2D eigenvalue weighted by Gasteiger charge is 2.20. The van der Waals surface area contributed by atoms with Crippen LogP contribution in [0.5, 0.6) is 17.2 Å². The predicted molar refractivity (Wildman–Crippen MR) is 122 cm³/mol. The van der Waals surface area contributed by atoms with Gasteiger partial charge >= 0.3 is 5.97 Å². The number of esters is 1. The Morgan fingerprint density at radius 2 is 1.33 bits per heavy atom. The third-order valence-electron chi connectivity index (χ3n) is 4.62. The summed E-state index contributed by atoms with van der Waals surface area (Å²) in [4.78, 5) is 12.3. The summed E-state index contributed by atoms with van der Waals surface area (Å²) in [7, 11) is -1.56. The summed E-state index contributed by atoms with van der Waals surface area (Å²) in [6, 6.07) is 15.2. The fourth-order valence-corrected chi connectivity index (χ4v) is 4.86. The first-order valence-electron chi connectivity index (χ1n) is 10.8. The van der Waals surface area contributed by atoms with Crippen LogP contribution in [0.25, 0.3) is 0 Å². The molecule has 0 saturated heterocycles. The van der Waals surface area contributed by atoms with Crippen molar-refractivity contribution in [2.45, 2.75) is 52.2 Å². The maximum atomic E-state index is 12.3. The van der Waals surface area contributed by atoms with E-state index in [-0.39, 0.29) is 0 Å². The SMILES string of the molecule is CCCCOc1ccc(OC(=O)c2ccc(OCCC[Si](C)(C)OCC)cc2)cc1. The van der Waals surface area contributed by atoms with Crippen molar-refractivity contribution in [2.75, 3.05) is 19.8 Å². The van der Waals surface area contributed by atoms with Crippen molar-refractivity contribution in [1.82, 2.24) is 0 Å². The molecule has 0 atom stereocenters. The van der Waals surface area contributed by atoms with E-state index in [2.05, 4.69) is 20.0 Å². The van der Waals surface area contributed by atoms with Crippen molar-refractivity contribution >= 4 is 14.3 Å². The summed E-state index contributed by atoms with van der Waals surface area (Å²) in [6.07, 6.45) is 3.07. The first-order chi connectivity index (χ1) is 14.4. The number of carbonyl (C=O) groups excluding carboxylic acids is 1. The van der Waals surface area contributed by atoms with E-state index in [0.717, 1.165) is 43.4 Å². The van der Waals surface area contributed by atoms with E-state index in [0.29, 0.717) is 24.5 Å². The van der Waals surface area contributed by atoms with Crippen LogP contribution in [0.2, 0.25) is 19.1 Å². The van der Waals surface area contributed by atoms with E-state index in [1.54, 1.807) is 36.4 Å². The van der Waals surface area contributed by atoms with Gasteiger partial charge in [0, 0.05) is 6.61 Å². The molecule has 30 heavy (non-hydrogen) atoms. The van der Waals surface area contributed by atoms with Gasteiger partial charge in [0.05, 0.1) is 18.8 Å². The monoisotopic (exact) mass is 430 g/mol. The van der Waals surface area contributed by atoms with Gasteiger partial charge in [-0.25, -0.2) is 4.79 Å². The smallest absolute Gasteiger partial charge is 0.343 e. The highest BCUT2D eigenvalue weighted by molar-refractivity contribution is 6.71. The molecule has 0 aromatic heterocycles. The lowest BCUT2D eigenvalue weighted by molar-refractivity contribution is 0.0734. The van der Waals surface area contributed by atoms with Crippen LogP contribution in [0, 0.1) is 0 Å². The molecule has 0 amide bonds. The largest absolute Gasteiger partial charge is 0.494 e. The Kier molecular flexibility index (Phi) is 9.90.